The average Bonchev–Trinajstić information content (AvgIpc) is 2.83. The van der Waals surface area contributed by atoms with E-state index >= 15 is 0 Å². The van der Waals surface area contributed by atoms with E-state index in [4.69, 9.17) is 0 Å². The minimum absolute atomic E-state index is 0.212. The van der Waals surface area contributed by atoms with Crippen LogP contribution in [-0.4, -0.2) is 49.4 Å². The molecule has 8 nitrogen and oxygen atoms in total. The van der Waals surface area contributed by atoms with E-state index in [0.717, 1.165) is 11.4 Å². The Morgan fingerprint density at radius 1 is 1.40 bits per heavy atom. The van der Waals surface area contributed by atoms with Gasteiger partial charge < -0.3 is 10.2 Å². The zero-order valence-electron chi connectivity index (χ0n) is 11.4. The minimum atomic E-state index is -0.722. The van der Waals surface area contributed by atoms with Gasteiger partial charge in [-0.25, -0.2) is 15.1 Å². The van der Waals surface area contributed by atoms with Gasteiger partial charge in [0.05, 0.1) is 12.0 Å². The van der Waals surface area contributed by atoms with Crippen molar-refractivity contribution in [1.29, 1.82) is 0 Å². The van der Waals surface area contributed by atoms with Gasteiger partial charge >= 0.3 is 0 Å². The van der Waals surface area contributed by atoms with Crippen molar-refractivity contribution in [1.82, 2.24) is 10.2 Å². The highest BCUT2D eigenvalue weighted by atomic mass is 16.7. The lowest BCUT2D eigenvalue weighted by atomic mass is 10.3. The van der Waals surface area contributed by atoms with Gasteiger partial charge in [-0.2, -0.15) is 0 Å². The van der Waals surface area contributed by atoms with Crippen molar-refractivity contribution < 1.29 is 5.03 Å². The molecule has 1 aliphatic heterocycles. The molecule has 0 saturated carbocycles. The molecule has 106 valence electrons. The fourth-order valence-electron chi connectivity index (χ4n) is 1.75. The summed E-state index contributed by atoms with van der Waals surface area (Å²) in [5.74, 6) is 0.212. The maximum absolute atomic E-state index is 10.4. The van der Waals surface area contributed by atoms with Crippen LogP contribution in [0.2, 0.25) is 0 Å². The van der Waals surface area contributed by atoms with Gasteiger partial charge in [0.1, 0.15) is 5.10 Å². The van der Waals surface area contributed by atoms with Crippen LogP contribution in [0.5, 0.6) is 0 Å². The number of hydrogen-bond acceptors (Lipinski definition) is 4. The maximum atomic E-state index is 10.4. The number of guanidine groups is 1. The molecule has 2 rings (SSSR count). The van der Waals surface area contributed by atoms with Crippen molar-refractivity contribution in [3.05, 3.63) is 34.4 Å². The van der Waals surface area contributed by atoms with Crippen molar-refractivity contribution in [2.45, 2.75) is 0 Å². The molecule has 0 unspecified atom stereocenters. The van der Waals surface area contributed by atoms with E-state index in [9.17, 15) is 10.1 Å². The molecule has 0 spiro atoms. The van der Waals surface area contributed by atoms with Gasteiger partial charge in [0, 0.05) is 32.9 Å². The molecule has 0 bridgehead atoms. The summed E-state index contributed by atoms with van der Waals surface area (Å²) in [6.07, 6.45) is 1.55. The van der Waals surface area contributed by atoms with Crippen LogP contribution in [0.1, 0.15) is 0 Å². The highest BCUT2D eigenvalue weighted by Gasteiger charge is 2.19. The van der Waals surface area contributed by atoms with Crippen molar-refractivity contribution in [2.75, 3.05) is 32.1 Å². The second-order valence-corrected chi connectivity index (χ2v) is 4.44. The van der Waals surface area contributed by atoms with Gasteiger partial charge in [-0.15, -0.1) is 0 Å². The first-order chi connectivity index (χ1) is 9.56. The topological polar surface area (TPSA) is 86.4 Å². The Kier molecular flexibility index (Phi) is 4.14. The molecule has 20 heavy (non-hydrogen) atoms. The van der Waals surface area contributed by atoms with E-state index in [-0.39, 0.29) is 5.96 Å². The molecule has 1 N–H and O–H groups in total. The van der Waals surface area contributed by atoms with E-state index in [2.05, 4.69) is 15.4 Å². The number of benzene rings is 1. The summed E-state index contributed by atoms with van der Waals surface area (Å²) < 4.78 is 0. The molecule has 0 aliphatic carbocycles. The largest absolute Gasteiger partial charge is 0.378 e. The third-order valence-corrected chi connectivity index (χ3v) is 2.80. The maximum Gasteiger partial charge on any atom is 0.276 e. The predicted molar refractivity (Wildman–Crippen MR) is 78.1 cm³/mol. The summed E-state index contributed by atoms with van der Waals surface area (Å²) in [5, 5.41) is 15.8. The number of hydrazone groups is 1. The lowest BCUT2D eigenvalue weighted by molar-refractivity contribution is -0.485. The fourth-order valence-corrected chi connectivity index (χ4v) is 1.75. The van der Waals surface area contributed by atoms with Gasteiger partial charge in [-0.1, -0.05) is 0 Å². The molecule has 1 aromatic carbocycles. The summed E-state index contributed by atoms with van der Waals surface area (Å²) in [4.78, 5) is 18.3. The minimum Gasteiger partial charge on any atom is -0.378 e. The van der Waals surface area contributed by atoms with Gasteiger partial charge in [0.2, 0.25) is 0 Å². The second-order valence-electron chi connectivity index (χ2n) is 4.44. The Morgan fingerprint density at radius 2 is 2.10 bits per heavy atom. The lowest BCUT2D eigenvalue weighted by Crippen LogP contribution is -2.29. The van der Waals surface area contributed by atoms with Crippen LogP contribution in [0.4, 0.5) is 11.4 Å². The number of nitrogens with one attached hydrogen (secondary N) is 1. The van der Waals surface area contributed by atoms with Gasteiger partial charge in [-0.3, -0.25) is 4.90 Å². The third kappa shape index (κ3) is 3.44. The third-order valence-electron chi connectivity index (χ3n) is 2.80. The van der Waals surface area contributed by atoms with E-state index in [1.54, 1.807) is 11.2 Å². The number of aliphatic imine (C=N–C) groups is 1. The Labute approximate surface area is 116 Å². The summed E-state index contributed by atoms with van der Waals surface area (Å²) in [5.41, 5.74) is 1.87. The van der Waals surface area contributed by atoms with Gasteiger partial charge in [-0.05, 0) is 24.3 Å². The quantitative estimate of drug-likeness (QED) is 0.381. The van der Waals surface area contributed by atoms with Crippen LogP contribution in [-0.2, 0) is 0 Å². The molecule has 1 fully saturated rings. The Balaban J connectivity index is 2.07. The summed E-state index contributed by atoms with van der Waals surface area (Å²) >= 11 is 0. The number of nitro groups is 1. The van der Waals surface area contributed by atoms with Crippen LogP contribution >= 0.6 is 0 Å². The Morgan fingerprint density at radius 3 is 2.70 bits per heavy atom. The molecule has 1 aliphatic rings. The molecule has 0 amide bonds. The molecule has 0 aromatic heterocycles. The van der Waals surface area contributed by atoms with Crippen LogP contribution in [0.15, 0.2) is 34.4 Å². The van der Waals surface area contributed by atoms with Crippen LogP contribution < -0.4 is 10.2 Å². The number of rotatable bonds is 4. The summed E-state index contributed by atoms with van der Waals surface area (Å²) in [7, 11) is 3.93. The molecule has 8 heteroatoms. The van der Waals surface area contributed by atoms with Crippen LogP contribution in [0.3, 0.4) is 0 Å². The van der Waals surface area contributed by atoms with Crippen molar-refractivity contribution in [3.63, 3.8) is 0 Å². The summed E-state index contributed by atoms with van der Waals surface area (Å²) in [6.45, 7) is 1.21. The summed E-state index contributed by atoms with van der Waals surface area (Å²) in [6, 6.07) is 7.70. The Hall–Kier alpha value is -2.64. The molecule has 0 radical (unpaired) electrons. The molecule has 1 heterocycles. The van der Waals surface area contributed by atoms with Crippen molar-refractivity contribution >= 4 is 23.7 Å². The number of anilines is 1. The smallest absolute Gasteiger partial charge is 0.276 e. The highest BCUT2D eigenvalue weighted by molar-refractivity contribution is 5.92. The van der Waals surface area contributed by atoms with Gasteiger partial charge in [0.15, 0.2) is 5.03 Å². The normalized spacial score (nSPS) is 16.7. The van der Waals surface area contributed by atoms with E-state index in [1.165, 1.54) is 0 Å². The van der Waals surface area contributed by atoms with E-state index in [0.29, 0.717) is 13.1 Å². The zero-order valence-corrected chi connectivity index (χ0v) is 11.4. The second kappa shape index (κ2) is 6.00. The molecular weight excluding hydrogens is 260 g/mol. The Bertz CT molecular complexity index is 537. The molecule has 1 saturated heterocycles. The van der Waals surface area contributed by atoms with Crippen LogP contribution in [0.25, 0.3) is 0 Å². The lowest BCUT2D eigenvalue weighted by Gasteiger charge is -2.12. The predicted octanol–water partition coefficient (Wildman–Crippen LogP) is 0.865. The molecular formula is C12H16N6O2. The SMILES string of the molecule is CN(C)c1ccc(N=CN2CCNC2=N[N+](=O)[O-])cc1. The first-order valence-electron chi connectivity index (χ1n) is 6.11. The molecule has 1 aromatic rings. The highest BCUT2D eigenvalue weighted by Crippen LogP contribution is 2.17. The molecule has 0 atom stereocenters. The van der Waals surface area contributed by atoms with Crippen molar-refractivity contribution in [2.24, 2.45) is 10.1 Å². The average molecular weight is 276 g/mol. The van der Waals surface area contributed by atoms with Crippen molar-refractivity contribution in [3.8, 4) is 0 Å². The first-order valence-corrected chi connectivity index (χ1v) is 6.11. The zero-order chi connectivity index (χ0) is 14.5. The standard InChI is InChI=1S/C12H16N6O2/c1-16(2)11-5-3-10(4-6-11)14-9-17-8-7-13-12(17)15-18(19)20/h3-6,9H,7-8H2,1-2H3,(H,13,15). The van der Waals surface area contributed by atoms with E-state index < -0.39 is 5.03 Å². The number of hydrogen-bond donors (Lipinski definition) is 1. The monoisotopic (exact) mass is 276 g/mol. The first kappa shape index (κ1) is 13.8. The van der Waals surface area contributed by atoms with Gasteiger partial charge in [0.25, 0.3) is 5.96 Å². The number of nitrogens with zero attached hydrogens (tertiary/aromatic N) is 5. The van der Waals surface area contributed by atoms with E-state index in [1.807, 2.05) is 43.3 Å². The fraction of sp³-hybridized carbons (Fsp3) is 0.333. The van der Waals surface area contributed by atoms with Crippen LogP contribution in [0, 0.1) is 10.1 Å².